The molecule has 4 nitrogen and oxygen atoms in total. The SMILES string of the molecule is Cc1cnc(C)c(N(C)c2ccc(C#N)cc2)n1. The third-order valence-electron chi connectivity index (χ3n) is 2.75. The Morgan fingerprint density at radius 2 is 1.83 bits per heavy atom. The Morgan fingerprint density at radius 1 is 1.17 bits per heavy atom. The lowest BCUT2D eigenvalue weighted by Crippen LogP contribution is -2.14. The van der Waals surface area contributed by atoms with E-state index in [1.807, 2.05) is 37.9 Å². The summed E-state index contributed by atoms with van der Waals surface area (Å²) in [4.78, 5) is 10.8. The summed E-state index contributed by atoms with van der Waals surface area (Å²) in [6.07, 6.45) is 1.76. The highest BCUT2D eigenvalue weighted by Gasteiger charge is 2.09. The highest BCUT2D eigenvalue weighted by molar-refractivity contribution is 5.61. The minimum absolute atomic E-state index is 0.652. The van der Waals surface area contributed by atoms with E-state index in [0.29, 0.717) is 5.56 Å². The molecule has 0 aliphatic carbocycles. The number of hydrogen-bond acceptors (Lipinski definition) is 4. The van der Waals surface area contributed by atoms with Gasteiger partial charge in [0, 0.05) is 18.9 Å². The Balaban J connectivity index is 2.38. The molecule has 0 amide bonds. The fraction of sp³-hybridized carbons (Fsp3) is 0.214. The van der Waals surface area contributed by atoms with Crippen molar-refractivity contribution in [1.29, 1.82) is 5.26 Å². The zero-order valence-electron chi connectivity index (χ0n) is 10.7. The first kappa shape index (κ1) is 12.1. The van der Waals surface area contributed by atoms with Crippen LogP contribution in [0, 0.1) is 25.2 Å². The molecule has 0 saturated heterocycles. The second kappa shape index (κ2) is 4.84. The zero-order chi connectivity index (χ0) is 13.1. The van der Waals surface area contributed by atoms with Crippen molar-refractivity contribution in [3.63, 3.8) is 0 Å². The van der Waals surface area contributed by atoms with Crippen molar-refractivity contribution in [2.45, 2.75) is 13.8 Å². The number of aryl methyl sites for hydroxylation is 2. The van der Waals surface area contributed by atoms with Crippen LogP contribution in [0.5, 0.6) is 0 Å². The van der Waals surface area contributed by atoms with Crippen LogP contribution in [0.1, 0.15) is 17.0 Å². The fourth-order valence-corrected chi connectivity index (χ4v) is 1.72. The van der Waals surface area contributed by atoms with Crippen LogP contribution in [-0.2, 0) is 0 Å². The number of nitrogens with zero attached hydrogens (tertiary/aromatic N) is 4. The minimum Gasteiger partial charge on any atom is -0.328 e. The molecule has 2 rings (SSSR count). The van der Waals surface area contributed by atoms with Crippen molar-refractivity contribution in [3.8, 4) is 6.07 Å². The number of benzene rings is 1. The van der Waals surface area contributed by atoms with Crippen molar-refractivity contribution >= 4 is 11.5 Å². The van der Waals surface area contributed by atoms with E-state index < -0.39 is 0 Å². The molecule has 0 fully saturated rings. The Morgan fingerprint density at radius 3 is 2.44 bits per heavy atom. The average Bonchev–Trinajstić information content (AvgIpc) is 2.41. The highest BCUT2D eigenvalue weighted by atomic mass is 15.2. The van der Waals surface area contributed by atoms with Crippen LogP contribution >= 0.6 is 0 Å². The van der Waals surface area contributed by atoms with Crippen molar-refractivity contribution in [1.82, 2.24) is 9.97 Å². The van der Waals surface area contributed by atoms with Gasteiger partial charge in [0.1, 0.15) is 0 Å². The van der Waals surface area contributed by atoms with Crippen LogP contribution in [0.2, 0.25) is 0 Å². The number of aromatic nitrogens is 2. The monoisotopic (exact) mass is 238 g/mol. The summed E-state index contributed by atoms with van der Waals surface area (Å²) in [6.45, 7) is 3.85. The zero-order valence-corrected chi connectivity index (χ0v) is 10.7. The summed E-state index contributed by atoms with van der Waals surface area (Å²) in [5, 5.41) is 8.78. The third-order valence-corrected chi connectivity index (χ3v) is 2.75. The first-order valence-corrected chi connectivity index (χ1v) is 5.66. The van der Waals surface area contributed by atoms with Gasteiger partial charge >= 0.3 is 0 Å². The van der Waals surface area contributed by atoms with Gasteiger partial charge in [-0.1, -0.05) is 0 Å². The van der Waals surface area contributed by atoms with E-state index >= 15 is 0 Å². The fourth-order valence-electron chi connectivity index (χ4n) is 1.72. The molecule has 18 heavy (non-hydrogen) atoms. The van der Waals surface area contributed by atoms with Gasteiger partial charge in [0.25, 0.3) is 0 Å². The number of rotatable bonds is 2. The maximum Gasteiger partial charge on any atom is 0.154 e. The van der Waals surface area contributed by atoms with Gasteiger partial charge in [-0.25, -0.2) is 4.98 Å². The van der Waals surface area contributed by atoms with Gasteiger partial charge in [-0.05, 0) is 38.1 Å². The van der Waals surface area contributed by atoms with Crippen molar-refractivity contribution in [3.05, 3.63) is 47.4 Å². The molecule has 1 aromatic carbocycles. The van der Waals surface area contributed by atoms with Crippen LogP contribution in [-0.4, -0.2) is 17.0 Å². The summed E-state index contributed by atoms with van der Waals surface area (Å²) in [5.41, 5.74) is 3.40. The van der Waals surface area contributed by atoms with Gasteiger partial charge in [-0.3, -0.25) is 4.98 Å². The van der Waals surface area contributed by atoms with Gasteiger partial charge in [0.2, 0.25) is 0 Å². The van der Waals surface area contributed by atoms with Gasteiger partial charge in [0.15, 0.2) is 5.82 Å². The summed E-state index contributed by atoms with van der Waals surface area (Å²) in [5.74, 6) is 0.833. The predicted octanol–water partition coefficient (Wildman–Crippen LogP) is 2.73. The predicted molar refractivity (Wildman–Crippen MR) is 70.7 cm³/mol. The molecule has 90 valence electrons. The maximum absolute atomic E-state index is 8.78. The minimum atomic E-state index is 0.652. The van der Waals surface area contributed by atoms with E-state index in [-0.39, 0.29) is 0 Å². The maximum atomic E-state index is 8.78. The normalized spacial score (nSPS) is 9.89. The van der Waals surface area contributed by atoms with Crippen LogP contribution in [0.25, 0.3) is 0 Å². The van der Waals surface area contributed by atoms with Gasteiger partial charge in [0.05, 0.1) is 23.0 Å². The Bertz CT molecular complexity index is 596. The average molecular weight is 238 g/mol. The second-order valence-electron chi connectivity index (χ2n) is 4.14. The van der Waals surface area contributed by atoms with Gasteiger partial charge < -0.3 is 4.90 Å². The number of hydrogen-bond donors (Lipinski definition) is 0. The van der Waals surface area contributed by atoms with E-state index in [0.717, 1.165) is 22.9 Å². The molecular formula is C14H14N4. The summed E-state index contributed by atoms with van der Waals surface area (Å²) >= 11 is 0. The molecule has 0 bridgehead atoms. The molecule has 0 spiro atoms. The Hall–Kier alpha value is -2.41. The van der Waals surface area contributed by atoms with Gasteiger partial charge in [-0.15, -0.1) is 0 Å². The first-order valence-electron chi connectivity index (χ1n) is 5.66. The lowest BCUT2D eigenvalue weighted by Gasteiger charge is -2.20. The van der Waals surface area contributed by atoms with Crippen LogP contribution < -0.4 is 4.90 Å². The molecule has 2 aromatic rings. The molecule has 0 aliphatic heterocycles. The van der Waals surface area contributed by atoms with E-state index in [2.05, 4.69) is 16.0 Å². The molecule has 0 N–H and O–H groups in total. The molecule has 0 aliphatic rings. The summed E-state index contributed by atoms with van der Waals surface area (Å²) < 4.78 is 0. The van der Waals surface area contributed by atoms with E-state index in [4.69, 9.17) is 5.26 Å². The molecule has 1 aromatic heterocycles. The Labute approximate surface area is 107 Å². The topological polar surface area (TPSA) is 52.8 Å². The Kier molecular flexibility index (Phi) is 3.24. The van der Waals surface area contributed by atoms with E-state index in [1.165, 1.54) is 0 Å². The van der Waals surface area contributed by atoms with Crippen LogP contribution in [0.3, 0.4) is 0 Å². The first-order chi connectivity index (χ1) is 8.61. The quantitative estimate of drug-likeness (QED) is 0.807. The lowest BCUT2D eigenvalue weighted by atomic mass is 10.2. The molecule has 4 heteroatoms. The molecular weight excluding hydrogens is 224 g/mol. The van der Waals surface area contributed by atoms with E-state index in [1.54, 1.807) is 18.3 Å². The van der Waals surface area contributed by atoms with Gasteiger partial charge in [-0.2, -0.15) is 5.26 Å². The molecule has 0 atom stereocenters. The third kappa shape index (κ3) is 2.30. The largest absolute Gasteiger partial charge is 0.328 e. The molecule has 0 radical (unpaired) electrons. The number of nitriles is 1. The molecule has 0 saturated carbocycles. The standard InChI is InChI=1S/C14H14N4/c1-10-9-16-11(2)14(17-10)18(3)13-6-4-12(8-15)5-7-13/h4-7,9H,1-3H3. The van der Waals surface area contributed by atoms with Crippen LogP contribution in [0.4, 0.5) is 11.5 Å². The van der Waals surface area contributed by atoms with Crippen molar-refractivity contribution < 1.29 is 0 Å². The summed E-state index contributed by atoms with van der Waals surface area (Å²) in [7, 11) is 1.94. The molecule has 1 heterocycles. The smallest absolute Gasteiger partial charge is 0.154 e. The molecule has 0 unspecified atom stereocenters. The van der Waals surface area contributed by atoms with Crippen LogP contribution in [0.15, 0.2) is 30.5 Å². The van der Waals surface area contributed by atoms with Crippen molar-refractivity contribution in [2.75, 3.05) is 11.9 Å². The second-order valence-corrected chi connectivity index (χ2v) is 4.14. The number of anilines is 2. The highest BCUT2D eigenvalue weighted by Crippen LogP contribution is 2.23. The van der Waals surface area contributed by atoms with Crippen molar-refractivity contribution in [2.24, 2.45) is 0 Å². The lowest BCUT2D eigenvalue weighted by molar-refractivity contribution is 1.01. The van der Waals surface area contributed by atoms with E-state index in [9.17, 15) is 0 Å². The summed E-state index contributed by atoms with van der Waals surface area (Å²) in [6, 6.07) is 9.51.